The molecule has 0 bridgehead atoms. The van der Waals surface area contributed by atoms with Crippen LogP contribution in [0.15, 0.2) is 24.3 Å². The monoisotopic (exact) mass is 427 g/mol. The maximum atomic E-state index is 13.4. The van der Waals surface area contributed by atoms with Crippen molar-refractivity contribution in [3.63, 3.8) is 0 Å². The summed E-state index contributed by atoms with van der Waals surface area (Å²) in [5.74, 6) is 0.416. The summed E-state index contributed by atoms with van der Waals surface area (Å²) in [6, 6.07) is 6.93. The summed E-state index contributed by atoms with van der Waals surface area (Å²) < 4.78 is 0. The molecule has 1 atom stereocenters. The SMILES string of the molecule is Cc1cccc(C(=O)N[C@H](C(=O)N2CCCCC2)C2CCN(C(=O)CC(C)C)CC2)c1. The van der Waals surface area contributed by atoms with Gasteiger partial charge in [-0.1, -0.05) is 31.5 Å². The smallest absolute Gasteiger partial charge is 0.251 e. The molecule has 31 heavy (non-hydrogen) atoms. The summed E-state index contributed by atoms with van der Waals surface area (Å²) in [6.45, 7) is 8.90. The fraction of sp³-hybridized carbons (Fsp3) is 0.640. The number of piperidine rings is 2. The third-order valence-electron chi connectivity index (χ3n) is 6.45. The Labute approximate surface area is 186 Å². The van der Waals surface area contributed by atoms with E-state index in [1.165, 1.54) is 0 Å². The number of nitrogens with one attached hydrogen (secondary N) is 1. The van der Waals surface area contributed by atoms with E-state index in [4.69, 9.17) is 0 Å². The Hall–Kier alpha value is -2.37. The first kappa shape index (κ1) is 23.3. The fourth-order valence-electron chi connectivity index (χ4n) is 4.66. The number of likely N-dealkylation sites (tertiary alicyclic amines) is 2. The highest BCUT2D eigenvalue weighted by molar-refractivity contribution is 5.97. The topological polar surface area (TPSA) is 69.7 Å². The molecule has 6 nitrogen and oxygen atoms in total. The number of amides is 3. The van der Waals surface area contributed by atoms with Gasteiger partial charge >= 0.3 is 0 Å². The summed E-state index contributed by atoms with van der Waals surface area (Å²) in [5.41, 5.74) is 1.60. The van der Waals surface area contributed by atoms with E-state index >= 15 is 0 Å². The van der Waals surface area contributed by atoms with Gasteiger partial charge in [-0.15, -0.1) is 0 Å². The lowest BCUT2D eigenvalue weighted by molar-refractivity contribution is -0.137. The van der Waals surface area contributed by atoms with E-state index < -0.39 is 6.04 Å². The van der Waals surface area contributed by atoms with Gasteiger partial charge in [0, 0.05) is 38.2 Å². The highest BCUT2D eigenvalue weighted by Gasteiger charge is 2.36. The zero-order valence-electron chi connectivity index (χ0n) is 19.2. The number of benzene rings is 1. The van der Waals surface area contributed by atoms with Gasteiger partial charge in [-0.2, -0.15) is 0 Å². The molecule has 170 valence electrons. The number of carbonyl (C=O) groups excluding carboxylic acids is 3. The maximum Gasteiger partial charge on any atom is 0.251 e. The van der Waals surface area contributed by atoms with Crippen molar-refractivity contribution in [2.24, 2.45) is 11.8 Å². The number of carbonyl (C=O) groups is 3. The molecule has 0 saturated carbocycles. The van der Waals surface area contributed by atoms with Crippen LogP contribution in [0.2, 0.25) is 0 Å². The van der Waals surface area contributed by atoms with Crippen molar-refractivity contribution >= 4 is 17.7 Å². The van der Waals surface area contributed by atoms with Crippen LogP contribution < -0.4 is 5.32 Å². The lowest BCUT2D eigenvalue weighted by Crippen LogP contribution is -2.55. The first-order valence-electron chi connectivity index (χ1n) is 11.8. The zero-order valence-corrected chi connectivity index (χ0v) is 19.2. The molecule has 0 spiro atoms. The summed E-state index contributed by atoms with van der Waals surface area (Å²) in [7, 11) is 0. The average Bonchev–Trinajstić information content (AvgIpc) is 2.77. The molecule has 1 N–H and O–H groups in total. The Morgan fingerprint density at radius 2 is 1.68 bits per heavy atom. The Balaban J connectivity index is 1.71. The van der Waals surface area contributed by atoms with Crippen molar-refractivity contribution in [3.8, 4) is 0 Å². The maximum absolute atomic E-state index is 13.4. The molecule has 0 aliphatic carbocycles. The predicted molar refractivity (Wildman–Crippen MR) is 122 cm³/mol. The van der Waals surface area contributed by atoms with Gasteiger partial charge in [0.1, 0.15) is 6.04 Å². The van der Waals surface area contributed by atoms with Gasteiger partial charge in [-0.05, 0) is 63.0 Å². The summed E-state index contributed by atoms with van der Waals surface area (Å²) >= 11 is 0. The van der Waals surface area contributed by atoms with Crippen LogP contribution in [-0.4, -0.2) is 59.7 Å². The largest absolute Gasteiger partial charge is 0.343 e. The molecule has 1 aromatic carbocycles. The molecule has 2 saturated heterocycles. The van der Waals surface area contributed by atoms with Gasteiger partial charge < -0.3 is 15.1 Å². The van der Waals surface area contributed by atoms with Crippen molar-refractivity contribution < 1.29 is 14.4 Å². The molecule has 6 heteroatoms. The minimum absolute atomic E-state index is 0.0349. The second-order valence-corrected chi connectivity index (χ2v) is 9.52. The highest BCUT2D eigenvalue weighted by Crippen LogP contribution is 2.25. The number of nitrogens with zero attached hydrogens (tertiary/aromatic N) is 2. The molecule has 3 rings (SSSR count). The van der Waals surface area contributed by atoms with E-state index in [0.29, 0.717) is 31.0 Å². The third kappa shape index (κ3) is 6.31. The van der Waals surface area contributed by atoms with E-state index in [1.807, 2.05) is 34.9 Å². The normalized spacial score (nSPS) is 18.7. The Morgan fingerprint density at radius 1 is 1.00 bits per heavy atom. The summed E-state index contributed by atoms with van der Waals surface area (Å²) in [4.78, 5) is 42.7. The van der Waals surface area contributed by atoms with E-state index in [2.05, 4.69) is 19.2 Å². The first-order chi connectivity index (χ1) is 14.8. The molecule has 2 fully saturated rings. The molecule has 1 aromatic rings. The van der Waals surface area contributed by atoms with E-state index in [0.717, 1.165) is 50.8 Å². The predicted octanol–water partition coefficient (Wildman–Crippen LogP) is 3.39. The van der Waals surface area contributed by atoms with Crippen molar-refractivity contribution in [2.75, 3.05) is 26.2 Å². The van der Waals surface area contributed by atoms with Gasteiger partial charge in [0.15, 0.2) is 0 Å². The standard InChI is InChI=1S/C25H37N3O3/c1-18(2)16-22(29)27-14-10-20(11-15-27)23(25(31)28-12-5-4-6-13-28)26-24(30)21-9-7-8-19(3)17-21/h7-9,17-18,20,23H,4-6,10-16H2,1-3H3,(H,26,30)/t23-/m0/s1. The fourth-order valence-corrected chi connectivity index (χ4v) is 4.66. The number of hydrogen-bond acceptors (Lipinski definition) is 3. The van der Waals surface area contributed by atoms with Crippen molar-refractivity contribution in [2.45, 2.75) is 65.3 Å². The molecule has 0 radical (unpaired) electrons. The van der Waals surface area contributed by atoms with Gasteiger partial charge in [-0.3, -0.25) is 14.4 Å². The highest BCUT2D eigenvalue weighted by atomic mass is 16.2. The molecule has 3 amide bonds. The lowest BCUT2D eigenvalue weighted by atomic mass is 9.87. The van der Waals surface area contributed by atoms with Gasteiger partial charge in [0.25, 0.3) is 5.91 Å². The second kappa shape index (κ2) is 10.8. The van der Waals surface area contributed by atoms with Crippen LogP contribution in [0.3, 0.4) is 0 Å². The minimum Gasteiger partial charge on any atom is -0.343 e. The van der Waals surface area contributed by atoms with Gasteiger partial charge in [0.2, 0.25) is 11.8 Å². The molecule has 0 aromatic heterocycles. The van der Waals surface area contributed by atoms with Crippen LogP contribution in [0.4, 0.5) is 0 Å². The van der Waals surface area contributed by atoms with Crippen LogP contribution in [0.5, 0.6) is 0 Å². The lowest BCUT2D eigenvalue weighted by Gasteiger charge is -2.38. The number of aryl methyl sites for hydroxylation is 1. The van der Waals surface area contributed by atoms with Gasteiger partial charge in [0.05, 0.1) is 0 Å². The van der Waals surface area contributed by atoms with Gasteiger partial charge in [-0.25, -0.2) is 0 Å². The van der Waals surface area contributed by atoms with Crippen molar-refractivity contribution in [1.82, 2.24) is 15.1 Å². The summed E-state index contributed by atoms with van der Waals surface area (Å²) in [6.07, 6.45) is 5.23. The average molecular weight is 428 g/mol. The third-order valence-corrected chi connectivity index (χ3v) is 6.45. The van der Waals surface area contributed by atoms with Crippen molar-refractivity contribution in [3.05, 3.63) is 35.4 Å². The number of rotatable bonds is 6. The quantitative estimate of drug-likeness (QED) is 0.757. The zero-order chi connectivity index (χ0) is 22.4. The Morgan fingerprint density at radius 3 is 2.29 bits per heavy atom. The molecule has 2 heterocycles. The van der Waals surface area contributed by atoms with Crippen molar-refractivity contribution in [1.29, 1.82) is 0 Å². The van der Waals surface area contributed by atoms with Crippen LogP contribution in [-0.2, 0) is 9.59 Å². The second-order valence-electron chi connectivity index (χ2n) is 9.52. The van der Waals surface area contributed by atoms with Crippen LogP contribution in [0, 0.1) is 18.8 Å². The molecule has 0 unspecified atom stereocenters. The Kier molecular flexibility index (Phi) is 8.10. The Bertz CT molecular complexity index is 778. The number of hydrogen-bond donors (Lipinski definition) is 1. The molecular weight excluding hydrogens is 390 g/mol. The van der Waals surface area contributed by atoms with Crippen LogP contribution in [0.1, 0.15) is 68.3 Å². The van der Waals surface area contributed by atoms with E-state index in [-0.39, 0.29) is 23.6 Å². The van der Waals surface area contributed by atoms with Crippen LogP contribution in [0.25, 0.3) is 0 Å². The molecule has 2 aliphatic rings. The van der Waals surface area contributed by atoms with Crippen LogP contribution >= 0.6 is 0 Å². The van der Waals surface area contributed by atoms with E-state index in [1.54, 1.807) is 6.07 Å². The molecular formula is C25H37N3O3. The van der Waals surface area contributed by atoms with E-state index in [9.17, 15) is 14.4 Å². The molecule has 2 aliphatic heterocycles. The first-order valence-corrected chi connectivity index (χ1v) is 11.8. The summed E-state index contributed by atoms with van der Waals surface area (Å²) in [5, 5.41) is 3.07. The minimum atomic E-state index is -0.534.